The molecule has 9 heteroatoms. The number of amides is 4. The molecule has 0 bridgehead atoms. The lowest BCUT2D eigenvalue weighted by Crippen LogP contribution is -2.50. The number of imide groups is 1. The van der Waals surface area contributed by atoms with E-state index in [-0.39, 0.29) is 43.5 Å². The molecular weight excluding hydrogens is 522 g/mol. The maximum Gasteiger partial charge on any atom is 0.326 e. The summed E-state index contributed by atoms with van der Waals surface area (Å²) in [6, 6.07) is 23.3. The second kappa shape index (κ2) is 12.2. The molecule has 0 spiro atoms. The number of carboxylic acid groups (broad SMARTS) is 1. The number of likely N-dealkylation sites (tertiary alicyclic amines) is 1. The van der Waals surface area contributed by atoms with Gasteiger partial charge in [0, 0.05) is 25.8 Å². The molecular formula is C32H31N3O6. The molecule has 2 aliphatic rings. The SMILES string of the molecule is O=C(O)[C@H](Cc1ccc(N2C(=O)CCC(c3ccccc3)C2=O)cc1)NC(=O)[C@@H]1CCC(=O)N1Cc1ccccc1. The minimum Gasteiger partial charge on any atom is -0.480 e. The minimum absolute atomic E-state index is 0.00472. The van der Waals surface area contributed by atoms with E-state index >= 15 is 0 Å². The number of aliphatic carboxylic acids is 1. The first-order valence-corrected chi connectivity index (χ1v) is 13.7. The molecule has 0 aromatic heterocycles. The smallest absolute Gasteiger partial charge is 0.326 e. The lowest BCUT2D eigenvalue weighted by atomic mass is 9.89. The molecule has 3 atom stereocenters. The number of rotatable bonds is 9. The van der Waals surface area contributed by atoms with Gasteiger partial charge in [0.1, 0.15) is 12.1 Å². The molecule has 0 aliphatic carbocycles. The molecule has 2 aliphatic heterocycles. The molecule has 2 heterocycles. The lowest BCUT2D eigenvalue weighted by Gasteiger charge is -2.31. The molecule has 2 fully saturated rings. The number of carbonyl (C=O) groups is 5. The largest absolute Gasteiger partial charge is 0.480 e. The van der Waals surface area contributed by atoms with Gasteiger partial charge in [0.05, 0.1) is 11.6 Å². The van der Waals surface area contributed by atoms with Crippen LogP contribution < -0.4 is 10.2 Å². The van der Waals surface area contributed by atoms with Gasteiger partial charge >= 0.3 is 5.97 Å². The maximum atomic E-state index is 13.3. The van der Waals surface area contributed by atoms with Crippen LogP contribution in [0.4, 0.5) is 5.69 Å². The van der Waals surface area contributed by atoms with E-state index in [9.17, 15) is 29.1 Å². The number of piperidine rings is 1. The zero-order chi connectivity index (χ0) is 28.9. The number of carboxylic acids is 1. The van der Waals surface area contributed by atoms with Gasteiger partial charge in [-0.25, -0.2) is 4.79 Å². The van der Waals surface area contributed by atoms with Crippen molar-refractivity contribution in [1.29, 1.82) is 0 Å². The van der Waals surface area contributed by atoms with Crippen LogP contribution in [0.2, 0.25) is 0 Å². The number of nitrogens with one attached hydrogen (secondary N) is 1. The Kier molecular flexibility index (Phi) is 8.24. The summed E-state index contributed by atoms with van der Waals surface area (Å²) in [5, 5.41) is 12.5. The number of carbonyl (C=O) groups excluding carboxylic acids is 4. The average molecular weight is 554 g/mol. The molecule has 1 unspecified atom stereocenters. The lowest BCUT2D eigenvalue weighted by molar-refractivity contribution is -0.143. The van der Waals surface area contributed by atoms with E-state index in [0.29, 0.717) is 24.1 Å². The van der Waals surface area contributed by atoms with Gasteiger partial charge in [-0.1, -0.05) is 72.8 Å². The van der Waals surface area contributed by atoms with Crippen molar-refractivity contribution >= 4 is 35.3 Å². The summed E-state index contributed by atoms with van der Waals surface area (Å²) in [5.41, 5.74) is 2.78. The van der Waals surface area contributed by atoms with Gasteiger partial charge in [0.15, 0.2) is 0 Å². The van der Waals surface area contributed by atoms with Gasteiger partial charge in [0.2, 0.25) is 23.6 Å². The van der Waals surface area contributed by atoms with Crippen molar-refractivity contribution in [2.24, 2.45) is 0 Å². The molecule has 2 N–H and O–H groups in total. The third-order valence-corrected chi connectivity index (χ3v) is 7.69. The molecule has 9 nitrogen and oxygen atoms in total. The Morgan fingerprint density at radius 1 is 0.805 bits per heavy atom. The molecule has 2 saturated heterocycles. The molecule has 3 aromatic rings. The Bertz CT molecular complexity index is 1440. The molecule has 5 rings (SSSR count). The summed E-state index contributed by atoms with van der Waals surface area (Å²) >= 11 is 0. The van der Waals surface area contributed by atoms with Gasteiger partial charge in [0.25, 0.3) is 0 Å². The average Bonchev–Trinajstić information content (AvgIpc) is 3.34. The van der Waals surface area contributed by atoms with E-state index in [2.05, 4.69) is 5.32 Å². The Morgan fingerprint density at radius 2 is 1.44 bits per heavy atom. The monoisotopic (exact) mass is 553 g/mol. The van der Waals surface area contributed by atoms with Gasteiger partial charge < -0.3 is 15.3 Å². The number of hydrogen-bond acceptors (Lipinski definition) is 5. The van der Waals surface area contributed by atoms with Gasteiger partial charge in [-0.3, -0.25) is 24.1 Å². The van der Waals surface area contributed by atoms with Crippen molar-refractivity contribution in [2.45, 2.75) is 56.7 Å². The summed E-state index contributed by atoms with van der Waals surface area (Å²) < 4.78 is 0. The van der Waals surface area contributed by atoms with Crippen LogP contribution >= 0.6 is 0 Å². The Labute approximate surface area is 237 Å². The third kappa shape index (κ3) is 6.19. The fraction of sp³-hybridized carbons (Fsp3) is 0.281. The highest BCUT2D eigenvalue weighted by Crippen LogP contribution is 2.32. The van der Waals surface area contributed by atoms with Crippen LogP contribution in [0, 0.1) is 0 Å². The molecule has 0 radical (unpaired) electrons. The zero-order valence-corrected chi connectivity index (χ0v) is 22.4. The van der Waals surface area contributed by atoms with Crippen molar-refractivity contribution in [3.63, 3.8) is 0 Å². The zero-order valence-electron chi connectivity index (χ0n) is 22.4. The standard InChI is InChI=1S/C32H31N3O6/c36-28-18-16-27(34(28)20-22-7-3-1-4-8-22)30(38)33-26(32(40)41)19-21-11-13-24(14-12-21)35-29(37)17-15-25(31(35)39)23-9-5-2-6-10-23/h1-14,25-27H,15-20H2,(H,33,38)(H,40,41)/t25?,26-,27-/m0/s1. The summed E-state index contributed by atoms with van der Waals surface area (Å²) in [6.45, 7) is 0.274. The molecule has 3 aromatic carbocycles. The Hall–Kier alpha value is -4.79. The fourth-order valence-electron chi connectivity index (χ4n) is 5.52. The van der Waals surface area contributed by atoms with Crippen LogP contribution in [0.25, 0.3) is 0 Å². The van der Waals surface area contributed by atoms with Crippen LogP contribution in [0.15, 0.2) is 84.9 Å². The molecule has 0 saturated carbocycles. The fourth-order valence-corrected chi connectivity index (χ4v) is 5.52. The Morgan fingerprint density at radius 3 is 2.10 bits per heavy atom. The van der Waals surface area contributed by atoms with Crippen molar-refractivity contribution in [3.05, 3.63) is 102 Å². The summed E-state index contributed by atoms with van der Waals surface area (Å²) in [6.07, 6.45) is 1.23. The molecule has 210 valence electrons. The summed E-state index contributed by atoms with van der Waals surface area (Å²) in [4.78, 5) is 66.3. The van der Waals surface area contributed by atoms with Crippen molar-refractivity contribution in [2.75, 3.05) is 4.90 Å². The number of benzene rings is 3. The first-order chi connectivity index (χ1) is 19.8. The normalized spacial score (nSPS) is 19.8. The van der Waals surface area contributed by atoms with E-state index in [1.165, 1.54) is 9.80 Å². The van der Waals surface area contributed by atoms with E-state index in [1.807, 2.05) is 60.7 Å². The second-order valence-electron chi connectivity index (χ2n) is 10.4. The van der Waals surface area contributed by atoms with Crippen molar-refractivity contribution in [1.82, 2.24) is 10.2 Å². The quantitative estimate of drug-likeness (QED) is 0.392. The van der Waals surface area contributed by atoms with E-state index < -0.39 is 29.9 Å². The summed E-state index contributed by atoms with van der Waals surface area (Å²) in [7, 11) is 0. The molecule has 41 heavy (non-hydrogen) atoms. The third-order valence-electron chi connectivity index (χ3n) is 7.69. The van der Waals surface area contributed by atoms with Crippen molar-refractivity contribution in [3.8, 4) is 0 Å². The maximum absolute atomic E-state index is 13.3. The number of hydrogen-bond donors (Lipinski definition) is 2. The second-order valence-corrected chi connectivity index (χ2v) is 10.4. The predicted octanol–water partition coefficient (Wildman–Crippen LogP) is 3.43. The van der Waals surface area contributed by atoms with Crippen LogP contribution in [0.1, 0.15) is 48.3 Å². The number of nitrogens with zero attached hydrogens (tertiary/aromatic N) is 2. The van der Waals surface area contributed by atoms with Gasteiger partial charge in [-0.15, -0.1) is 0 Å². The Balaban J connectivity index is 1.25. The van der Waals surface area contributed by atoms with Crippen LogP contribution in [0.5, 0.6) is 0 Å². The number of anilines is 1. The van der Waals surface area contributed by atoms with Gasteiger partial charge in [-0.05, 0) is 41.7 Å². The topological polar surface area (TPSA) is 124 Å². The first-order valence-electron chi connectivity index (χ1n) is 13.7. The van der Waals surface area contributed by atoms with Crippen LogP contribution in [0.3, 0.4) is 0 Å². The highest BCUT2D eigenvalue weighted by atomic mass is 16.4. The molecule has 4 amide bonds. The van der Waals surface area contributed by atoms with E-state index in [1.54, 1.807) is 24.3 Å². The van der Waals surface area contributed by atoms with Gasteiger partial charge in [-0.2, -0.15) is 0 Å². The minimum atomic E-state index is -1.22. The van der Waals surface area contributed by atoms with Crippen molar-refractivity contribution < 1.29 is 29.1 Å². The highest BCUT2D eigenvalue weighted by molar-refractivity contribution is 6.18. The van der Waals surface area contributed by atoms with E-state index in [4.69, 9.17) is 0 Å². The first kappa shape index (κ1) is 27.8. The predicted molar refractivity (Wildman–Crippen MR) is 151 cm³/mol. The summed E-state index contributed by atoms with van der Waals surface area (Å²) in [5.74, 6) is -2.84. The van der Waals surface area contributed by atoms with Crippen LogP contribution in [-0.2, 0) is 36.9 Å². The van der Waals surface area contributed by atoms with Crippen LogP contribution in [-0.4, -0.2) is 51.7 Å². The van der Waals surface area contributed by atoms with E-state index in [0.717, 1.165) is 11.1 Å². The highest BCUT2D eigenvalue weighted by Gasteiger charge is 2.38.